The summed E-state index contributed by atoms with van der Waals surface area (Å²) >= 11 is 0. The summed E-state index contributed by atoms with van der Waals surface area (Å²) in [4.78, 5) is 11.6. The quantitative estimate of drug-likeness (QED) is 0.909. The van der Waals surface area contributed by atoms with Gasteiger partial charge in [0.25, 0.3) is 0 Å². The lowest BCUT2D eigenvalue weighted by Crippen LogP contribution is -2.23. The zero-order valence-corrected chi connectivity index (χ0v) is 13.2. The lowest BCUT2D eigenvalue weighted by atomic mass is 10.0. The summed E-state index contributed by atoms with van der Waals surface area (Å²) in [6, 6.07) is 11.8. The summed E-state index contributed by atoms with van der Waals surface area (Å²) in [7, 11) is 0. The lowest BCUT2D eigenvalue weighted by Gasteiger charge is -2.07. The van der Waals surface area contributed by atoms with Gasteiger partial charge in [-0.2, -0.15) is 5.10 Å². The first-order valence-corrected chi connectivity index (χ1v) is 7.43. The van der Waals surface area contributed by atoms with Crippen LogP contribution < -0.4 is 11.1 Å². The molecular weight excluding hydrogens is 300 g/mol. The Morgan fingerprint density at radius 3 is 2.59 bits per heavy atom. The van der Waals surface area contributed by atoms with Gasteiger partial charge in [0.05, 0.1) is 17.9 Å². The number of benzene rings is 1. The van der Waals surface area contributed by atoms with E-state index in [2.05, 4.69) is 5.32 Å². The van der Waals surface area contributed by atoms with Crippen LogP contribution in [0.5, 0.6) is 0 Å². The van der Waals surface area contributed by atoms with Gasteiger partial charge in [0.15, 0.2) is 0 Å². The number of aromatic nitrogens is 2. The van der Waals surface area contributed by atoms with Gasteiger partial charge < -0.3 is 11.1 Å². The van der Waals surface area contributed by atoms with Gasteiger partial charge in [-0.25, -0.2) is 4.68 Å². The van der Waals surface area contributed by atoms with Gasteiger partial charge in [0.2, 0.25) is 5.91 Å². The van der Waals surface area contributed by atoms with Crippen LogP contribution in [0.1, 0.15) is 37.3 Å². The molecular formula is C16H21ClN4O. The number of nitrogens with zero attached hydrogens (tertiary/aromatic N) is 2. The minimum Gasteiger partial charge on any atom is -0.322 e. The second kappa shape index (κ2) is 7.42. The maximum Gasteiger partial charge on any atom is 0.239 e. The third kappa shape index (κ3) is 3.48. The van der Waals surface area contributed by atoms with E-state index in [1.807, 2.05) is 36.4 Å². The van der Waals surface area contributed by atoms with Crippen molar-refractivity contribution in [1.82, 2.24) is 9.78 Å². The summed E-state index contributed by atoms with van der Waals surface area (Å²) in [6.45, 7) is -0.0290. The fraction of sp³-hybridized carbons (Fsp3) is 0.375. The Bertz CT molecular complexity index is 620. The van der Waals surface area contributed by atoms with E-state index in [0.29, 0.717) is 11.7 Å². The Morgan fingerprint density at radius 2 is 1.95 bits per heavy atom. The van der Waals surface area contributed by atoms with Crippen LogP contribution >= 0.6 is 12.4 Å². The van der Waals surface area contributed by atoms with Gasteiger partial charge in [-0.15, -0.1) is 12.4 Å². The molecule has 1 aromatic heterocycles. The van der Waals surface area contributed by atoms with Gasteiger partial charge in [0.1, 0.15) is 5.82 Å². The molecule has 0 aliphatic heterocycles. The highest BCUT2D eigenvalue weighted by Gasteiger charge is 2.22. The van der Waals surface area contributed by atoms with Gasteiger partial charge in [-0.05, 0) is 25.0 Å². The van der Waals surface area contributed by atoms with Gasteiger partial charge >= 0.3 is 0 Å². The number of nitrogens with one attached hydrogen (secondary N) is 1. The predicted octanol–water partition coefficient (Wildman–Crippen LogP) is 2.85. The summed E-state index contributed by atoms with van der Waals surface area (Å²) in [6.07, 6.45) is 4.87. The Kier molecular flexibility index (Phi) is 5.57. The number of amides is 1. The summed E-state index contributed by atoms with van der Waals surface area (Å²) in [5.74, 6) is 0.993. The second-order valence-electron chi connectivity index (χ2n) is 5.44. The third-order valence-electron chi connectivity index (χ3n) is 3.96. The third-order valence-corrected chi connectivity index (χ3v) is 3.96. The monoisotopic (exact) mass is 320 g/mol. The molecule has 1 amide bonds. The van der Waals surface area contributed by atoms with Crippen LogP contribution in [0, 0.1) is 0 Å². The Balaban J connectivity index is 0.00000176. The molecule has 1 fully saturated rings. The molecule has 0 spiro atoms. The van der Waals surface area contributed by atoms with E-state index in [-0.39, 0.29) is 24.9 Å². The van der Waals surface area contributed by atoms with Crippen molar-refractivity contribution in [3.63, 3.8) is 0 Å². The van der Waals surface area contributed by atoms with E-state index in [9.17, 15) is 4.79 Å². The van der Waals surface area contributed by atoms with Crippen LogP contribution in [-0.2, 0) is 4.79 Å². The average molecular weight is 321 g/mol. The van der Waals surface area contributed by atoms with Crippen molar-refractivity contribution >= 4 is 24.1 Å². The molecule has 1 aromatic carbocycles. The zero-order chi connectivity index (χ0) is 14.7. The summed E-state index contributed by atoms with van der Waals surface area (Å²) < 4.78 is 1.79. The highest BCUT2D eigenvalue weighted by Crippen LogP contribution is 2.34. The number of carbonyl (C=O) groups excluding carboxylic acids is 1. The molecule has 6 heteroatoms. The van der Waals surface area contributed by atoms with Gasteiger partial charge in [0, 0.05) is 12.0 Å². The molecule has 1 aliphatic rings. The molecule has 0 unspecified atom stereocenters. The maximum atomic E-state index is 11.6. The van der Waals surface area contributed by atoms with E-state index in [1.54, 1.807) is 4.68 Å². The fourth-order valence-electron chi connectivity index (χ4n) is 2.87. The number of nitrogens with two attached hydrogens (primary N) is 1. The van der Waals surface area contributed by atoms with Crippen LogP contribution in [-0.4, -0.2) is 22.2 Å². The summed E-state index contributed by atoms with van der Waals surface area (Å²) in [5, 5.41) is 7.55. The molecule has 5 nitrogen and oxygen atoms in total. The van der Waals surface area contributed by atoms with Crippen LogP contribution in [0.15, 0.2) is 36.4 Å². The summed E-state index contributed by atoms with van der Waals surface area (Å²) in [5.41, 5.74) is 7.39. The molecule has 1 saturated carbocycles. The first-order valence-electron chi connectivity index (χ1n) is 7.43. The minimum absolute atomic E-state index is 0. The van der Waals surface area contributed by atoms with Crippen molar-refractivity contribution < 1.29 is 4.79 Å². The number of hydrogen-bond acceptors (Lipinski definition) is 3. The number of anilines is 1. The molecule has 1 aliphatic carbocycles. The molecule has 3 N–H and O–H groups in total. The van der Waals surface area contributed by atoms with Crippen molar-refractivity contribution in [3.05, 3.63) is 42.1 Å². The molecule has 1 heterocycles. The molecule has 118 valence electrons. The number of para-hydroxylation sites is 1. The second-order valence-corrected chi connectivity index (χ2v) is 5.44. The van der Waals surface area contributed by atoms with Crippen molar-refractivity contribution in [2.45, 2.75) is 31.6 Å². The van der Waals surface area contributed by atoms with Crippen LogP contribution in [0.2, 0.25) is 0 Å². The number of carbonyl (C=O) groups is 1. The molecule has 0 atom stereocenters. The topological polar surface area (TPSA) is 72.9 Å². The van der Waals surface area contributed by atoms with Crippen LogP contribution in [0.3, 0.4) is 0 Å². The number of hydrogen-bond donors (Lipinski definition) is 2. The van der Waals surface area contributed by atoms with Crippen LogP contribution in [0.4, 0.5) is 5.82 Å². The Morgan fingerprint density at radius 1 is 1.27 bits per heavy atom. The predicted molar refractivity (Wildman–Crippen MR) is 89.7 cm³/mol. The van der Waals surface area contributed by atoms with E-state index in [1.165, 1.54) is 25.7 Å². The molecule has 0 saturated heterocycles. The van der Waals surface area contributed by atoms with E-state index in [0.717, 1.165) is 11.4 Å². The average Bonchev–Trinajstić information content (AvgIpc) is 3.17. The SMILES string of the molecule is Cl.NCC(=O)Nc1cc(C2CCCC2)nn1-c1ccccc1. The Hall–Kier alpha value is -1.85. The standard InChI is InChI=1S/C16H20N4O.ClH/c17-11-16(21)18-15-10-14(12-6-4-5-7-12)19-20(15)13-8-2-1-3-9-13;/h1-3,8-10,12H,4-7,11,17H2,(H,18,21);1H. The fourth-order valence-corrected chi connectivity index (χ4v) is 2.87. The number of halogens is 1. The Labute approximate surface area is 136 Å². The first-order chi connectivity index (χ1) is 10.3. The van der Waals surface area contributed by atoms with E-state index < -0.39 is 0 Å². The molecule has 0 bridgehead atoms. The minimum atomic E-state index is -0.204. The first kappa shape index (κ1) is 16.5. The van der Waals surface area contributed by atoms with Gasteiger partial charge in [-0.1, -0.05) is 31.0 Å². The van der Waals surface area contributed by atoms with Crippen molar-refractivity contribution in [1.29, 1.82) is 0 Å². The molecule has 22 heavy (non-hydrogen) atoms. The van der Waals surface area contributed by atoms with Crippen molar-refractivity contribution in [2.75, 3.05) is 11.9 Å². The van der Waals surface area contributed by atoms with Crippen molar-refractivity contribution in [3.8, 4) is 5.69 Å². The molecule has 0 radical (unpaired) electrons. The lowest BCUT2D eigenvalue weighted by molar-refractivity contribution is -0.114. The zero-order valence-electron chi connectivity index (χ0n) is 12.4. The van der Waals surface area contributed by atoms with E-state index in [4.69, 9.17) is 10.8 Å². The van der Waals surface area contributed by atoms with Crippen molar-refractivity contribution in [2.24, 2.45) is 5.73 Å². The number of rotatable bonds is 4. The van der Waals surface area contributed by atoms with Crippen LogP contribution in [0.25, 0.3) is 5.69 Å². The highest BCUT2D eigenvalue weighted by molar-refractivity contribution is 5.91. The molecule has 2 aromatic rings. The smallest absolute Gasteiger partial charge is 0.239 e. The highest BCUT2D eigenvalue weighted by atomic mass is 35.5. The normalized spacial score (nSPS) is 14.6. The largest absolute Gasteiger partial charge is 0.322 e. The molecule has 3 rings (SSSR count). The van der Waals surface area contributed by atoms with Gasteiger partial charge in [-0.3, -0.25) is 4.79 Å². The van der Waals surface area contributed by atoms with E-state index >= 15 is 0 Å². The maximum absolute atomic E-state index is 11.6.